The van der Waals surface area contributed by atoms with Crippen LogP contribution >= 0.6 is 11.6 Å². The third-order valence-corrected chi connectivity index (χ3v) is 24.0. The van der Waals surface area contributed by atoms with Crippen LogP contribution in [-0.2, 0) is 57.5 Å². The number of amides is 11. The lowest BCUT2D eigenvalue weighted by Gasteiger charge is -2.45. The second kappa shape index (κ2) is 35.9. The van der Waals surface area contributed by atoms with Gasteiger partial charge in [0.25, 0.3) is 0 Å². The first-order valence-electron chi connectivity index (χ1n) is 37.4. The maximum absolute atomic E-state index is 15.5. The summed E-state index contributed by atoms with van der Waals surface area (Å²) in [6.45, 7) is 12.9. The van der Waals surface area contributed by atoms with E-state index in [1.165, 1.54) is 57.5 Å². The third kappa shape index (κ3) is 20.1. The molecule has 4 aliphatic carbocycles. The highest BCUT2D eigenvalue weighted by molar-refractivity contribution is 6.20. The number of nitrogens with one attached hydrogen (secondary N) is 4. The van der Waals surface area contributed by atoms with Crippen molar-refractivity contribution in [3.05, 3.63) is 0 Å². The number of hydrogen-bond acceptors (Lipinski definition) is 12. The van der Waals surface area contributed by atoms with E-state index in [1.807, 2.05) is 20.8 Å². The summed E-state index contributed by atoms with van der Waals surface area (Å²) >= 11 is 6.41. The lowest BCUT2D eigenvalue weighted by Crippen LogP contribution is -2.65. The Kier molecular flexibility index (Phi) is 29.3. The first kappa shape index (κ1) is 83.3. The van der Waals surface area contributed by atoms with Crippen LogP contribution in [0.15, 0.2) is 0 Å². The highest BCUT2D eigenvalue weighted by atomic mass is 35.5. The molecule has 0 aromatic rings. The maximum Gasteiger partial charge on any atom is 0.393 e. The van der Waals surface area contributed by atoms with Crippen LogP contribution < -0.4 is 21.3 Å². The summed E-state index contributed by atoms with van der Waals surface area (Å²) < 4.78 is 90.4. The predicted octanol–water partition coefficient (Wildman–Crippen LogP) is 7.48. The molecule has 7 rings (SSSR count). The molecule has 0 aromatic carbocycles. The number of nitrogens with zero attached hydrogens (tertiary/aromatic N) is 7. The number of carbonyl (C=O) groups is 11. The van der Waals surface area contributed by atoms with Crippen LogP contribution in [0.2, 0.25) is 0 Å². The van der Waals surface area contributed by atoms with Crippen molar-refractivity contribution in [1.82, 2.24) is 55.6 Å². The van der Waals surface area contributed by atoms with Crippen LogP contribution in [0.1, 0.15) is 203 Å². The van der Waals surface area contributed by atoms with E-state index >= 15 is 28.8 Å². The van der Waals surface area contributed by atoms with Gasteiger partial charge in [-0.25, -0.2) is 0 Å². The molecule has 14 atom stereocenters. The van der Waals surface area contributed by atoms with E-state index in [0.29, 0.717) is 32.1 Å². The first-order chi connectivity index (χ1) is 47.9. The second-order valence-corrected chi connectivity index (χ2v) is 31.5. The molecule has 102 heavy (non-hydrogen) atoms. The Bertz CT molecular complexity index is 2970. The largest absolute Gasteiger partial charge is 0.393 e. The van der Waals surface area contributed by atoms with E-state index in [1.54, 1.807) is 34.7 Å². The predicted molar refractivity (Wildman–Crippen MR) is 368 cm³/mol. The molecule has 0 radical (unpaired) electrons. The number of likely N-dealkylation sites (N-methyl/N-ethyl adjacent to an activating group) is 5. The fourth-order valence-electron chi connectivity index (χ4n) is 16.8. The lowest BCUT2D eigenvalue weighted by atomic mass is 9.78. The average molecular weight is 1480 g/mol. The molecule has 4 saturated carbocycles. The van der Waals surface area contributed by atoms with Crippen molar-refractivity contribution in [1.29, 1.82) is 0 Å². The fourth-order valence-corrected chi connectivity index (χ4v) is 17.4. The molecule has 11 amide bonds. The highest BCUT2D eigenvalue weighted by Gasteiger charge is 2.54. The first-order valence-corrected chi connectivity index (χ1v) is 37.9. The molecule has 0 bridgehead atoms. The van der Waals surface area contributed by atoms with E-state index in [9.17, 15) is 50.3 Å². The number of alkyl halides is 7. The number of ether oxygens (including phenoxy) is 1. The molecular formula is C72H114ClF6N11O12. The Hall–Kier alpha value is -6.00. The average Bonchev–Trinajstić information content (AvgIpc) is 1.56. The van der Waals surface area contributed by atoms with E-state index < -0.39 is 185 Å². The van der Waals surface area contributed by atoms with Gasteiger partial charge in [0.1, 0.15) is 53.9 Å². The van der Waals surface area contributed by atoms with Gasteiger partial charge in [-0.15, -0.1) is 11.6 Å². The summed E-state index contributed by atoms with van der Waals surface area (Å²) in [4.78, 5) is 174. The van der Waals surface area contributed by atoms with Crippen LogP contribution in [0.5, 0.6) is 0 Å². The van der Waals surface area contributed by atoms with Gasteiger partial charge in [-0.2, -0.15) is 26.3 Å². The van der Waals surface area contributed by atoms with Crippen molar-refractivity contribution >= 4 is 76.6 Å². The van der Waals surface area contributed by atoms with Gasteiger partial charge in [0.2, 0.25) is 65.0 Å². The molecule has 23 nitrogen and oxygen atoms in total. The molecule has 30 heteroatoms. The van der Waals surface area contributed by atoms with Crippen molar-refractivity contribution in [2.45, 2.75) is 287 Å². The zero-order valence-electron chi connectivity index (χ0n) is 61.9. The zero-order valence-corrected chi connectivity index (χ0v) is 62.6. The fraction of sp³-hybridized carbons (Fsp3) is 0.847. The van der Waals surface area contributed by atoms with Gasteiger partial charge in [-0.05, 0) is 160 Å². The van der Waals surface area contributed by atoms with Crippen molar-refractivity contribution in [2.75, 3.05) is 61.0 Å². The number of fused-ring (bicyclic) bond motifs is 2. The molecule has 3 saturated heterocycles. The lowest BCUT2D eigenvalue weighted by molar-refractivity contribution is -0.184. The van der Waals surface area contributed by atoms with Gasteiger partial charge in [-0.1, -0.05) is 59.8 Å². The Morgan fingerprint density at radius 3 is 1.82 bits per heavy atom. The van der Waals surface area contributed by atoms with E-state index in [0.717, 1.165) is 17.7 Å². The summed E-state index contributed by atoms with van der Waals surface area (Å²) in [5, 5.41) is 10.2. The maximum atomic E-state index is 15.5. The second-order valence-electron chi connectivity index (χ2n) is 31.0. The standard InChI is InChI=1S/C72H114ClF6N11O12/c1-13-42(6)59-63(95)80-44(8)64(96)89-33-30-53(89)67(99)88(14-2)56(37-46-22-26-48(27-23-46)71(74,75)76)66(98)84(9)40-57(91)81-52(29-25-45-24-28-50(51(73)36-45)72(77,78)79)65(97)90-39-49(102-15-3)38-55(90)62(94)83-70(31-18-19-32-70)69(101)87(12)60(47-20-16-17-21-47)68(100)85(10)43(7)35-58(92)86(11)54(34-41(4)5)61(93)82-59/h41-56,59-60H,13-40H2,1-12H3,(H,80,95)(H,81,91)(H,82,93)(H,83,94)/t42-,43+,44-,45?,46?,48?,49+,50?,51?,52-,53-,54-,55-,56-,59-,60-/m0/s1. The molecule has 0 aromatic heterocycles. The van der Waals surface area contributed by atoms with Gasteiger partial charge < -0.3 is 60.3 Å². The normalized spacial score (nSPS) is 32.7. The Morgan fingerprint density at radius 2 is 1.26 bits per heavy atom. The van der Waals surface area contributed by atoms with Crippen LogP contribution in [-0.4, -0.2) is 244 Å². The monoisotopic (exact) mass is 1470 g/mol. The third-order valence-electron chi connectivity index (χ3n) is 23.5. The SMILES string of the molecule is CCO[C@@H]1C[C@H]2C(=O)NC3(CCCC3)C(=O)N(C)[C@@H](C3CCCC3)C(=O)N(C)[C@H](C)CC(=O)N(C)[C@@H](CC(C)C)C(=O)N[C@@H]([C@@H](C)CC)C(=O)N[C@@H](C)C(=O)N3CC[C@H]3C(=O)N(CC)[C@@H](CC3CCC(C(F)(F)F)CC3)C(=O)N(C)CC(=O)N[C@@H](CCC3CCC(C(F)(F)F)C(Cl)C3)C(=O)N2C1. The molecule has 4 N–H and O–H groups in total. The molecule has 1 spiro atoms. The Balaban J connectivity index is 1.28. The number of carbonyl (C=O) groups excluding carboxylic acids is 11. The van der Waals surface area contributed by atoms with Crippen LogP contribution in [0, 0.1) is 41.4 Å². The minimum absolute atomic E-state index is 0.0473. The van der Waals surface area contributed by atoms with Crippen LogP contribution in [0.3, 0.4) is 0 Å². The summed E-state index contributed by atoms with van der Waals surface area (Å²) in [6, 6.07) is -10.8. The number of hydrogen-bond donors (Lipinski definition) is 4. The molecule has 7 fully saturated rings. The van der Waals surface area contributed by atoms with E-state index in [2.05, 4.69) is 21.3 Å². The molecule has 3 heterocycles. The van der Waals surface area contributed by atoms with E-state index in [-0.39, 0.29) is 141 Å². The highest BCUT2D eigenvalue weighted by Crippen LogP contribution is 2.45. The number of halogens is 7. The molecule has 7 aliphatic rings. The van der Waals surface area contributed by atoms with Crippen molar-refractivity contribution in [3.8, 4) is 0 Å². The van der Waals surface area contributed by atoms with Gasteiger partial charge in [0.15, 0.2) is 0 Å². The topological polar surface area (TPSA) is 268 Å². The van der Waals surface area contributed by atoms with Gasteiger partial charge in [-0.3, -0.25) is 52.7 Å². The number of rotatable bonds is 13. The summed E-state index contributed by atoms with van der Waals surface area (Å²) in [5.41, 5.74) is -1.56. The van der Waals surface area contributed by atoms with Crippen LogP contribution in [0.4, 0.5) is 26.3 Å². The van der Waals surface area contributed by atoms with Gasteiger partial charge in [0.05, 0.1) is 24.5 Å². The Labute approximate surface area is 602 Å². The van der Waals surface area contributed by atoms with Gasteiger partial charge >= 0.3 is 12.4 Å². The molecule has 3 unspecified atom stereocenters. The smallest absolute Gasteiger partial charge is 0.377 e. The minimum atomic E-state index is -4.55. The van der Waals surface area contributed by atoms with Crippen molar-refractivity contribution in [3.63, 3.8) is 0 Å². The minimum Gasteiger partial charge on any atom is -0.377 e. The summed E-state index contributed by atoms with van der Waals surface area (Å²) in [6.07, 6.45) is -5.97. The van der Waals surface area contributed by atoms with E-state index in [4.69, 9.17) is 16.3 Å². The zero-order chi connectivity index (χ0) is 75.6. The van der Waals surface area contributed by atoms with Crippen LogP contribution in [0.25, 0.3) is 0 Å². The van der Waals surface area contributed by atoms with Gasteiger partial charge in [0, 0.05) is 78.7 Å². The van der Waals surface area contributed by atoms with Crippen molar-refractivity contribution < 1.29 is 83.8 Å². The summed E-state index contributed by atoms with van der Waals surface area (Å²) in [5.74, 6) is -12.6. The quantitative estimate of drug-likeness (QED) is 0.103. The van der Waals surface area contributed by atoms with Crippen molar-refractivity contribution in [2.24, 2.45) is 41.4 Å². The Morgan fingerprint density at radius 1 is 0.627 bits per heavy atom. The molecule has 3 aliphatic heterocycles. The molecule has 578 valence electrons. The molecular weight excluding hydrogens is 1360 g/mol. The summed E-state index contributed by atoms with van der Waals surface area (Å²) in [7, 11) is 5.86.